The van der Waals surface area contributed by atoms with Gasteiger partial charge in [-0.25, -0.2) is 13.1 Å². The van der Waals surface area contributed by atoms with Crippen LogP contribution in [0.1, 0.15) is 25.7 Å². The van der Waals surface area contributed by atoms with E-state index < -0.39 is 40.4 Å². The predicted octanol–water partition coefficient (Wildman–Crippen LogP) is 0.790. The fourth-order valence-electron chi connectivity index (χ4n) is 1.71. The molecule has 0 aliphatic carbocycles. The summed E-state index contributed by atoms with van der Waals surface area (Å²) in [7, 11) is -3.79. The molecule has 0 spiro atoms. The lowest BCUT2D eigenvalue weighted by molar-refractivity contribution is -0.134. The van der Waals surface area contributed by atoms with Gasteiger partial charge >= 0.3 is 6.18 Å². The van der Waals surface area contributed by atoms with Crippen LogP contribution in [-0.2, 0) is 14.8 Å². The van der Waals surface area contributed by atoms with Crippen molar-refractivity contribution in [2.24, 2.45) is 0 Å². The van der Waals surface area contributed by atoms with E-state index in [0.717, 1.165) is 0 Å². The normalized spacial score (nSPS) is 20.4. The van der Waals surface area contributed by atoms with Gasteiger partial charge in [0.25, 0.3) is 0 Å². The SMILES string of the molecule is O=S(=O)(CCCC(F)(F)F)NCC1(O)CCOCC1. The van der Waals surface area contributed by atoms with Gasteiger partial charge in [0.2, 0.25) is 10.0 Å². The van der Waals surface area contributed by atoms with Crippen LogP contribution in [-0.4, -0.2) is 50.8 Å². The van der Waals surface area contributed by atoms with Gasteiger partial charge in [-0.05, 0) is 6.42 Å². The maximum atomic E-state index is 11.9. The molecule has 9 heteroatoms. The van der Waals surface area contributed by atoms with E-state index in [-0.39, 0.29) is 6.54 Å². The summed E-state index contributed by atoms with van der Waals surface area (Å²) in [6.45, 7) is 0.489. The van der Waals surface area contributed by atoms with Crippen LogP contribution in [0.15, 0.2) is 0 Å². The third-order valence-electron chi connectivity index (χ3n) is 2.92. The van der Waals surface area contributed by atoms with Crippen molar-refractivity contribution < 1.29 is 31.4 Å². The first-order chi connectivity index (χ1) is 8.62. The van der Waals surface area contributed by atoms with Crippen molar-refractivity contribution in [3.05, 3.63) is 0 Å². The van der Waals surface area contributed by atoms with Gasteiger partial charge in [0.1, 0.15) is 0 Å². The Balaban J connectivity index is 2.34. The second-order valence-electron chi connectivity index (χ2n) is 4.70. The summed E-state index contributed by atoms with van der Waals surface area (Å²) in [5.74, 6) is -0.598. The number of alkyl halides is 3. The molecule has 19 heavy (non-hydrogen) atoms. The minimum Gasteiger partial charge on any atom is -0.388 e. The Bertz CT molecular complexity index is 377. The monoisotopic (exact) mass is 305 g/mol. The fourth-order valence-corrected chi connectivity index (χ4v) is 2.86. The smallest absolute Gasteiger partial charge is 0.388 e. The van der Waals surface area contributed by atoms with Crippen LogP contribution in [0.4, 0.5) is 13.2 Å². The first kappa shape index (κ1) is 16.7. The van der Waals surface area contributed by atoms with Gasteiger partial charge in [0, 0.05) is 39.0 Å². The maximum Gasteiger partial charge on any atom is 0.389 e. The molecule has 1 saturated heterocycles. The Hall–Kier alpha value is -0.380. The summed E-state index contributed by atoms with van der Waals surface area (Å²) in [4.78, 5) is 0. The molecular formula is C10H18F3NO4S. The molecule has 1 heterocycles. The molecular weight excluding hydrogens is 287 g/mol. The van der Waals surface area contributed by atoms with E-state index in [4.69, 9.17) is 4.74 Å². The summed E-state index contributed by atoms with van der Waals surface area (Å²) < 4.78 is 65.9. The van der Waals surface area contributed by atoms with Crippen LogP contribution in [0, 0.1) is 0 Å². The summed E-state index contributed by atoms with van der Waals surface area (Å²) >= 11 is 0. The summed E-state index contributed by atoms with van der Waals surface area (Å²) in [6.07, 6.45) is -5.36. The Kier molecular flexibility index (Phi) is 5.60. The molecule has 0 aromatic carbocycles. The van der Waals surface area contributed by atoms with Crippen molar-refractivity contribution in [1.82, 2.24) is 4.72 Å². The number of aliphatic hydroxyl groups is 1. The zero-order valence-corrected chi connectivity index (χ0v) is 11.2. The van der Waals surface area contributed by atoms with Gasteiger partial charge in [0.15, 0.2) is 0 Å². The minimum atomic E-state index is -4.35. The molecule has 0 bridgehead atoms. The molecule has 0 saturated carbocycles. The van der Waals surface area contributed by atoms with E-state index in [1.165, 1.54) is 0 Å². The average Bonchev–Trinajstić information content (AvgIpc) is 2.26. The lowest BCUT2D eigenvalue weighted by atomic mass is 9.95. The lowest BCUT2D eigenvalue weighted by Gasteiger charge is -2.31. The number of nitrogens with one attached hydrogen (secondary N) is 1. The fraction of sp³-hybridized carbons (Fsp3) is 1.00. The van der Waals surface area contributed by atoms with Gasteiger partial charge in [-0.15, -0.1) is 0 Å². The summed E-state index contributed by atoms with van der Waals surface area (Å²) in [6, 6.07) is 0. The first-order valence-corrected chi connectivity index (χ1v) is 7.61. The van der Waals surface area contributed by atoms with Crippen molar-refractivity contribution >= 4 is 10.0 Å². The number of hydrogen-bond acceptors (Lipinski definition) is 4. The highest BCUT2D eigenvalue weighted by molar-refractivity contribution is 7.89. The minimum absolute atomic E-state index is 0.190. The third kappa shape index (κ3) is 7.09. The third-order valence-corrected chi connectivity index (χ3v) is 4.33. The summed E-state index contributed by atoms with van der Waals surface area (Å²) in [5.41, 5.74) is -1.17. The van der Waals surface area contributed by atoms with Gasteiger partial charge in [0.05, 0.1) is 11.4 Å². The van der Waals surface area contributed by atoms with Crippen molar-refractivity contribution in [2.75, 3.05) is 25.5 Å². The van der Waals surface area contributed by atoms with Crippen molar-refractivity contribution in [1.29, 1.82) is 0 Å². The molecule has 1 fully saturated rings. The zero-order chi connectivity index (χ0) is 14.6. The molecule has 114 valence electrons. The van der Waals surface area contributed by atoms with E-state index in [9.17, 15) is 26.7 Å². The Morgan fingerprint density at radius 3 is 2.37 bits per heavy atom. The molecule has 0 radical (unpaired) electrons. The second kappa shape index (κ2) is 6.38. The first-order valence-electron chi connectivity index (χ1n) is 5.96. The van der Waals surface area contributed by atoms with Gasteiger partial charge in [-0.1, -0.05) is 0 Å². The molecule has 5 nitrogen and oxygen atoms in total. The summed E-state index contributed by atoms with van der Waals surface area (Å²) in [5, 5.41) is 10.0. The highest BCUT2D eigenvalue weighted by Crippen LogP contribution is 2.22. The highest BCUT2D eigenvalue weighted by Gasteiger charge is 2.32. The Labute approximate surface area is 110 Å². The van der Waals surface area contributed by atoms with E-state index in [0.29, 0.717) is 26.1 Å². The Morgan fingerprint density at radius 1 is 1.26 bits per heavy atom. The van der Waals surface area contributed by atoms with Crippen LogP contribution in [0.5, 0.6) is 0 Å². The van der Waals surface area contributed by atoms with Crippen molar-refractivity contribution in [2.45, 2.75) is 37.5 Å². The number of hydrogen-bond donors (Lipinski definition) is 2. The molecule has 1 rings (SSSR count). The average molecular weight is 305 g/mol. The van der Waals surface area contributed by atoms with Crippen LogP contribution in [0.2, 0.25) is 0 Å². The number of halogens is 3. The largest absolute Gasteiger partial charge is 0.389 e. The van der Waals surface area contributed by atoms with Crippen LogP contribution in [0.25, 0.3) is 0 Å². The molecule has 0 unspecified atom stereocenters. The number of sulfonamides is 1. The maximum absolute atomic E-state index is 11.9. The van der Waals surface area contributed by atoms with Gasteiger partial charge < -0.3 is 9.84 Å². The lowest BCUT2D eigenvalue weighted by Crippen LogP contribution is -2.47. The van der Waals surface area contributed by atoms with E-state index in [1.54, 1.807) is 0 Å². The molecule has 0 atom stereocenters. The van der Waals surface area contributed by atoms with Gasteiger partial charge in [-0.3, -0.25) is 0 Å². The van der Waals surface area contributed by atoms with Crippen molar-refractivity contribution in [3.63, 3.8) is 0 Å². The molecule has 1 aliphatic rings. The number of ether oxygens (including phenoxy) is 1. The van der Waals surface area contributed by atoms with Crippen LogP contribution >= 0.6 is 0 Å². The molecule has 0 aromatic heterocycles. The van der Waals surface area contributed by atoms with Crippen LogP contribution in [0.3, 0.4) is 0 Å². The predicted molar refractivity (Wildman–Crippen MR) is 62.1 cm³/mol. The molecule has 2 N–H and O–H groups in total. The van der Waals surface area contributed by atoms with E-state index in [1.807, 2.05) is 0 Å². The van der Waals surface area contributed by atoms with Crippen LogP contribution < -0.4 is 4.72 Å². The van der Waals surface area contributed by atoms with Crippen molar-refractivity contribution in [3.8, 4) is 0 Å². The quantitative estimate of drug-likeness (QED) is 0.761. The van der Waals surface area contributed by atoms with E-state index in [2.05, 4.69) is 4.72 Å². The topological polar surface area (TPSA) is 75.6 Å². The standard InChI is InChI=1S/C10H18F3NO4S/c11-10(12,13)2-1-7-19(16,17)14-8-9(15)3-5-18-6-4-9/h14-15H,1-8H2. The highest BCUT2D eigenvalue weighted by atomic mass is 32.2. The molecule has 0 aromatic rings. The van der Waals surface area contributed by atoms with Gasteiger partial charge in [-0.2, -0.15) is 13.2 Å². The van der Waals surface area contributed by atoms with E-state index >= 15 is 0 Å². The molecule has 1 aliphatic heterocycles. The number of rotatable bonds is 6. The zero-order valence-electron chi connectivity index (χ0n) is 10.4. The Morgan fingerprint density at radius 2 is 1.84 bits per heavy atom. The second-order valence-corrected chi connectivity index (χ2v) is 6.62. The molecule has 0 amide bonds.